The summed E-state index contributed by atoms with van der Waals surface area (Å²) in [7, 11) is 0. The molecule has 0 saturated heterocycles. The van der Waals surface area contributed by atoms with Crippen LogP contribution in [0, 0.1) is 11.3 Å². The number of hydrogen-bond acceptors (Lipinski definition) is 1. The highest BCUT2D eigenvalue weighted by molar-refractivity contribution is 5.75. The number of carbonyl (C=O) groups is 1. The molecule has 96 valence electrons. The lowest BCUT2D eigenvalue weighted by Crippen LogP contribution is -2.41. The Labute approximate surface area is 108 Å². The van der Waals surface area contributed by atoms with Gasteiger partial charge < -0.3 is 5.11 Å². The van der Waals surface area contributed by atoms with Crippen LogP contribution >= 0.6 is 0 Å². The largest absolute Gasteiger partial charge is 0.481 e. The van der Waals surface area contributed by atoms with Gasteiger partial charge >= 0.3 is 5.97 Å². The molecule has 18 heavy (non-hydrogen) atoms. The van der Waals surface area contributed by atoms with Crippen molar-refractivity contribution in [2.24, 2.45) is 11.3 Å². The first-order chi connectivity index (χ1) is 8.72. The third-order valence-electron chi connectivity index (χ3n) is 5.00. The standard InChI is InChI=1S/C16H20O2/c17-15(18)16(8-4-1-5-9-16)14-10-12-6-2-3-7-13(12)11-14/h2-3,6-7,14H,1,4-5,8-11H2,(H,17,18). The van der Waals surface area contributed by atoms with Crippen LogP contribution in [0.4, 0.5) is 0 Å². The summed E-state index contributed by atoms with van der Waals surface area (Å²) in [5, 5.41) is 9.73. The lowest BCUT2D eigenvalue weighted by Gasteiger charge is -2.38. The van der Waals surface area contributed by atoms with Crippen molar-refractivity contribution in [3.63, 3.8) is 0 Å². The predicted molar refractivity (Wildman–Crippen MR) is 70.5 cm³/mol. The van der Waals surface area contributed by atoms with Gasteiger partial charge in [0.05, 0.1) is 5.41 Å². The van der Waals surface area contributed by atoms with Crippen LogP contribution in [0.2, 0.25) is 0 Å². The molecule has 0 radical (unpaired) electrons. The second-order valence-electron chi connectivity index (χ2n) is 5.90. The Bertz CT molecular complexity index is 433. The van der Waals surface area contributed by atoms with E-state index in [1.54, 1.807) is 0 Å². The summed E-state index contributed by atoms with van der Waals surface area (Å²) < 4.78 is 0. The average molecular weight is 244 g/mol. The summed E-state index contributed by atoms with van der Waals surface area (Å²) in [6.07, 6.45) is 7.04. The molecule has 1 aromatic rings. The van der Waals surface area contributed by atoms with Gasteiger partial charge in [0.15, 0.2) is 0 Å². The monoisotopic (exact) mass is 244 g/mol. The minimum absolute atomic E-state index is 0.313. The molecular weight excluding hydrogens is 224 g/mol. The molecule has 0 heterocycles. The van der Waals surface area contributed by atoms with Crippen molar-refractivity contribution in [3.05, 3.63) is 35.4 Å². The quantitative estimate of drug-likeness (QED) is 0.865. The van der Waals surface area contributed by atoms with Crippen LogP contribution in [0.3, 0.4) is 0 Å². The first-order valence-corrected chi connectivity index (χ1v) is 7.02. The summed E-state index contributed by atoms with van der Waals surface area (Å²) in [4.78, 5) is 11.8. The maximum atomic E-state index is 11.8. The zero-order valence-corrected chi connectivity index (χ0v) is 10.7. The normalized spacial score (nSPS) is 22.7. The number of rotatable bonds is 2. The van der Waals surface area contributed by atoms with Gasteiger partial charge in [0.25, 0.3) is 0 Å². The molecular formula is C16H20O2. The van der Waals surface area contributed by atoms with E-state index in [-0.39, 0.29) is 0 Å². The Hall–Kier alpha value is -1.31. The minimum atomic E-state index is -0.556. The number of benzene rings is 1. The summed E-state index contributed by atoms with van der Waals surface area (Å²) >= 11 is 0. The van der Waals surface area contributed by atoms with Gasteiger partial charge in [-0.25, -0.2) is 0 Å². The number of fused-ring (bicyclic) bond motifs is 1. The smallest absolute Gasteiger partial charge is 0.309 e. The fourth-order valence-corrected chi connectivity index (χ4v) is 3.93. The van der Waals surface area contributed by atoms with E-state index in [1.807, 2.05) is 0 Å². The van der Waals surface area contributed by atoms with Crippen LogP contribution in [-0.2, 0) is 17.6 Å². The Balaban J connectivity index is 1.88. The van der Waals surface area contributed by atoms with E-state index >= 15 is 0 Å². The summed E-state index contributed by atoms with van der Waals surface area (Å²) in [5.74, 6) is -0.243. The molecule has 1 fully saturated rings. The lowest BCUT2D eigenvalue weighted by atomic mass is 9.65. The van der Waals surface area contributed by atoms with Crippen LogP contribution < -0.4 is 0 Å². The zero-order chi connectivity index (χ0) is 12.6. The van der Waals surface area contributed by atoms with Crippen molar-refractivity contribution in [2.75, 3.05) is 0 Å². The highest BCUT2D eigenvalue weighted by Crippen LogP contribution is 2.48. The van der Waals surface area contributed by atoms with Crippen molar-refractivity contribution in [3.8, 4) is 0 Å². The van der Waals surface area contributed by atoms with Gasteiger partial charge in [-0.3, -0.25) is 4.79 Å². The van der Waals surface area contributed by atoms with E-state index in [4.69, 9.17) is 0 Å². The molecule has 0 bridgehead atoms. The molecule has 0 aromatic heterocycles. The van der Waals surface area contributed by atoms with Crippen LogP contribution in [0.25, 0.3) is 0 Å². The third-order valence-corrected chi connectivity index (χ3v) is 5.00. The van der Waals surface area contributed by atoms with Crippen LogP contribution in [0.1, 0.15) is 43.2 Å². The van der Waals surface area contributed by atoms with Crippen molar-refractivity contribution in [1.82, 2.24) is 0 Å². The SMILES string of the molecule is O=C(O)C1(C2Cc3ccccc3C2)CCCCC1. The van der Waals surface area contributed by atoms with E-state index in [0.29, 0.717) is 5.92 Å². The van der Waals surface area contributed by atoms with Crippen molar-refractivity contribution in [2.45, 2.75) is 44.9 Å². The molecule has 1 aromatic carbocycles. The van der Waals surface area contributed by atoms with Gasteiger partial charge in [0.2, 0.25) is 0 Å². The van der Waals surface area contributed by atoms with Gasteiger partial charge in [0, 0.05) is 0 Å². The van der Waals surface area contributed by atoms with Crippen LogP contribution in [0.15, 0.2) is 24.3 Å². The van der Waals surface area contributed by atoms with Crippen LogP contribution in [-0.4, -0.2) is 11.1 Å². The van der Waals surface area contributed by atoms with E-state index in [2.05, 4.69) is 24.3 Å². The number of hydrogen-bond donors (Lipinski definition) is 1. The minimum Gasteiger partial charge on any atom is -0.481 e. The highest BCUT2D eigenvalue weighted by atomic mass is 16.4. The van der Waals surface area contributed by atoms with Crippen molar-refractivity contribution < 1.29 is 9.90 Å². The molecule has 0 spiro atoms. The molecule has 0 unspecified atom stereocenters. The molecule has 2 aliphatic carbocycles. The predicted octanol–water partition coefficient (Wildman–Crippen LogP) is 3.44. The Morgan fingerprint density at radius 2 is 1.61 bits per heavy atom. The van der Waals surface area contributed by atoms with Crippen molar-refractivity contribution >= 4 is 5.97 Å². The Morgan fingerprint density at radius 3 is 2.11 bits per heavy atom. The molecule has 2 aliphatic rings. The molecule has 0 aliphatic heterocycles. The van der Waals surface area contributed by atoms with Gasteiger partial charge in [-0.1, -0.05) is 43.5 Å². The molecule has 1 N–H and O–H groups in total. The Morgan fingerprint density at radius 1 is 1.06 bits per heavy atom. The summed E-state index contributed by atoms with van der Waals surface area (Å²) in [5.41, 5.74) is 2.29. The van der Waals surface area contributed by atoms with Gasteiger partial charge in [0.1, 0.15) is 0 Å². The summed E-state index contributed by atoms with van der Waals surface area (Å²) in [6, 6.07) is 8.45. The number of carboxylic acids is 1. The van der Waals surface area contributed by atoms with Gasteiger partial charge in [-0.2, -0.15) is 0 Å². The van der Waals surface area contributed by atoms with Gasteiger partial charge in [-0.15, -0.1) is 0 Å². The fourth-order valence-electron chi connectivity index (χ4n) is 3.93. The maximum Gasteiger partial charge on any atom is 0.309 e. The second-order valence-corrected chi connectivity index (χ2v) is 5.90. The van der Waals surface area contributed by atoms with E-state index < -0.39 is 11.4 Å². The van der Waals surface area contributed by atoms with Crippen molar-refractivity contribution in [1.29, 1.82) is 0 Å². The third kappa shape index (κ3) is 1.75. The maximum absolute atomic E-state index is 11.8. The Kier molecular flexibility index (Phi) is 2.89. The number of aliphatic carboxylic acids is 1. The molecule has 2 heteroatoms. The molecule has 2 nitrogen and oxygen atoms in total. The molecule has 0 atom stereocenters. The highest BCUT2D eigenvalue weighted by Gasteiger charge is 2.47. The van der Waals surface area contributed by atoms with E-state index in [1.165, 1.54) is 17.5 Å². The van der Waals surface area contributed by atoms with E-state index in [9.17, 15) is 9.90 Å². The fraction of sp³-hybridized carbons (Fsp3) is 0.562. The first kappa shape index (κ1) is 11.8. The summed E-state index contributed by atoms with van der Waals surface area (Å²) in [6.45, 7) is 0. The zero-order valence-electron chi connectivity index (χ0n) is 10.7. The topological polar surface area (TPSA) is 37.3 Å². The van der Waals surface area contributed by atoms with Crippen LogP contribution in [0.5, 0.6) is 0 Å². The van der Waals surface area contributed by atoms with Gasteiger partial charge in [-0.05, 0) is 42.7 Å². The number of carboxylic acid groups (broad SMARTS) is 1. The molecule has 3 rings (SSSR count). The molecule has 0 amide bonds. The average Bonchev–Trinajstić information content (AvgIpc) is 2.83. The lowest BCUT2D eigenvalue weighted by molar-refractivity contribution is -0.155. The van der Waals surface area contributed by atoms with E-state index in [0.717, 1.165) is 38.5 Å². The first-order valence-electron chi connectivity index (χ1n) is 7.02. The molecule has 1 saturated carbocycles. The second kappa shape index (κ2) is 4.42.